The van der Waals surface area contributed by atoms with Crippen LogP contribution >= 0.6 is 0 Å². The molecule has 1 atom stereocenters. The third-order valence-corrected chi connectivity index (χ3v) is 2.75. The topological polar surface area (TPSA) is 90.8 Å². The zero-order chi connectivity index (χ0) is 13.8. The van der Waals surface area contributed by atoms with Crippen molar-refractivity contribution in [2.45, 2.75) is 33.0 Å². The number of anilines is 1. The Morgan fingerprint density at radius 3 is 2.95 bits per heavy atom. The first kappa shape index (κ1) is 13.1. The number of nitrogens with zero attached hydrogens (tertiary/aromatic N) is 4. The van der Waals surface area contributed by atoms with Crippen molar-refractivity contribution in [1.29, 1.82) is 0 Å². The lowest BCUT2D eigenvalue weighted by molar-refractivity contribution is 0.0931. The van der Waals surface area contributed by atoms with Gasteiger partial charge in [-0.25, -0.2) is 4.98 Å². The minimum Gasteiger partial charge on any atom is -0.396 e. The molecule has 0 saturated carbocycles. The van der Waals surface area contributed by atoms with Crippen LogP contribution in [0.25, 0.3) is 0 Å². The van der Waals surface area contributed by atoms with E-state index in [2.05, 4.69) is 15.4 Å². The summed E-state index contributed by atoms with van der Waals surface area (Å²) in [6, 6.07) is -0.0344. The number of imidazole rings is 1. The SMILES string of the molecule is CCn1cc(N)c(C(=O)NC(C)Cn2ccnc2)n1. The summed E-state index contributed by atoms with van der Waals surface area (Å²) in [5.41, 5.74) is 6.44. The van der Waals surface area contributed by atoms with Crippen LogP contribution in [-0.4, -0.2) is 31.3 Å². The van der Waals surface area contributed by atoms with Crippen molar-refractivity contribution in [3.63, 3.8) is 0 Å². The van der Waals surface area contributed by atoms with E-state index in [1.807, 2.05) is 24.6 Å². The first-order chi connectivity index (χ1) is 9.10. The Morgan fingerprint density at radius 1 is 1.58 bits per heavy atom. The lowest BCUT2D eigenvalue weighted by Crippen LogP contribution is -2.36. The van der Waals surface area contributed by atoms with E-state index >= 15 is 0 Å². The average molecular weight is 262 g/mol. The molecule has 0 aliphatic carbocycles. The molecule has 0 bridgehead atoms. The highest BCUT2D eigenvalue weighted by Gasteiger charge is 2.16. The lowest BCUT2D eigenvalue weighted by Gasteiger charge is -2.13. The van der Waals surface area contributed by atoms with Gasteiger partial charge >= 0.3 is 0 Å². The molecule has 0 fully saturated rings. The summed E-state index contributed by atoms with van der Waals surface area (Å²) in [5.74, 6) is -0.252. The van der Waals surface area contributed by atoms with Crippen LogP contribution in [0.3, 0.4) is 0 Å². The number of carbonyl (C=O) groups is 1. The van der Waals surface area contributed by atoms with E-state index in [4.69, 9.17) is 5.73 Å². The molecule has 2 rings (SSSR count). The summed E-state index contributed by atoms with van der Waals surface area (Å²) in [6.07, 6.45) is 6.93. The second-order valence-electron chi connectivity index (χ2n) is 4.42. The molecule has 0 spiro atoms. The molecular formula is C12H18N6O. The highest BCUT2D eigenvalue weighted by atomic mass is 16.2. The fourth-order valence-corrected chi connectivity index (χ4v) is 1.82. The quantitative estimate of drug-likeness (QED) is 0.821. The van der Waals surface area contributed by atoms with E-state index < -0.39 is 0 Å². The van der Waals surface area contributed by atoms with E-state index in [-0.39, 0.29) is 17.6 Å². The molecule has 7 nitrogen and oxygen atoms in total. The first-order valence-electron chi connectivity index (χ1n) is 6.19. The van der Waals surface area contributed by atoms with Gasteiger partial charge in [-0.05, 0) is 13.8 Å². The van der Waals surface area contributed by atoms with Crippen molar-refractivity contribution in [3.8, 4) is 0 Å². The molecule has 0 saturated heterocycles. The van der Waals surface area contributed by atoms with Gasteiger partial charge in [-0.3, -0.25) is 9.48 Å². The zero-order valence-corrected chi connectivity index (χ0v) is 11.1. The molecule has 1 unspecified atom stereocenters. The minimum absolute atomic E-state index is 0.0344. The Labute approximate surface area is 111 Å². The normalized spacial score (nSPS) is 12.3. The number of amides is 1. The number of aromatic nitrogens is 4. The number of rotatable bonds is 5. The molecule has 2 aromatic rings. The summed E-state index contributed by atoms with van der Waals surface area (Å²) < 4.78 is 3.55. The van der Waals surface area contributed by atoms with E-state index in [0.29, 0.717) is 18.8 Å². The Balaban J connectivity index is 1.98. The molecule has 19 heavy (non-hydrogen) atoms. The smallest absolute Gasteiger partial charge is 0.274 e. The number of hydrogen-bond donors (Lipinski definition) is 2. The lowest BCUT2D eigenvalue weighted by atomic mass is 10.3. The molecule has 102 valence electrons. The second-order valence-corrected chi connectivity index (χ2v) is 4.42. The van der Waals surface area contributed by atoms with Gasteiger partial charge in [0.1, 0.15) is 0 Å². The highest BCUT2D eigenvalue weighted by Crippen LogP contribution is 2.09. The van der Waals surface area contributed by atoms with Gasteiger partial charge in [-0.2, -0.15) is 5.10 Å². The van der Waals surface area contributed by atoms with Crippen molar-refractivity contribution < 1.29 is 4.79 Å². The van der Waals surface area contributed by atoms with Gasteiger partial charge < -0.3 is 15.6 Å². The fourth-order valence-electron chi connectivity index (χ4n) is 1.82. The van der Waals surface area contributed by atoms with E-state index in [1.165, 1.54) is 0 Å². The second kappa shape index (κ2) is 5.55. The number of nitrogens with one attached hydrogen (secondary N) is 1. The molecule has 0 aromatic carbocycles. The van der Waals surface area contributed by atoms with Gasteiger partial charge in [0, 0.05) is 37.7 Å². The molecular weight excluding hydrogens is 244 g/mol. The minimum atomic E-state index is -0.252. The predicted molar refractivity (Wildman–Crippen MR) is 71.5 cm³/mol. The molecule has 7 heteroatoms. The van der Waals surface area contributed by atoms with Gasteiger partial charge in [0.05, 0.1) is 12.0 Å². The Kier molecular flexibility index (Phi) is 3.84. The maximum atomic E-state index is 12.0. The van der Waals surface area contributed by atoms with Crippen LogP contribution in [0.2, 0.25) is 0 Å². The molecule has 1 amide bonds. The number of hydrogen-bond acceptors (Lipinski definition) is 4. The van der Waals surface area contributed by atoms with Gasteiger partial charge in [0.15, 0.2) is 5.69 Å². The zero-order valence-electron chi connectivity index (χ0n) is 11.1. The van der Waals surface area contributed by atoms with Gasteiger partial charge in [-0.1, -0.05) is 0 Å². The number of nitrogen functional groups attached to an aromatic ring is 1. The summed E-state index contributed by atoms with van der Waals surface area (Å²) in [4.78, 5) is 16.0. The van der Waals surface area contributed by atoms with Crippen molar-refractivity contribution >= 4 is 11.6 Å². The summed E-state index contributed by atoms with van der Waals surface area (Å²) in [5, 5.41) is 7.01. The van der Waals surface area contributed by atoms with Crippen LogP contribution in [0.4, 0.5) is 5.69 Å². The first-order valence-corrected chi connectivity index (χ1v) is 6.19. The van der Waals surface area contributed by atoms with Crippen molar-refractivity contribution in [1.82, 2.24) is 24.6 Å². The third kappa shape index (κ3) is 3.12. The van der Waals surface area contributed by atoms with E-state index in [1.54, 1.807) is 23.4 Å². The Bertz CT molecular complexity index is 545. The monoisotopic (exact) mass is 262 g/mol. The Morgan fingerprint density at radius 2 is 2.37 bits per heavy atom. The third-order valence-electron chi connectivity index (χ3n) is 2.75. The van der Waals surface area contributed by atoms with Crippen LogP contribution in [0.1, 0.15) is 24.3 Å². The standard InChI is InChI=1S/C12H18N6O/c1-3-18-7-10(13)11(16-18)12(19)15-9(2)6-17-5-4-14-8-17/h4-5,7-9H,3,6,13H2,1-2H3,(H,15,19). The molecule has 3 N–H and O–H groups in total. The number of aryl methyl sites for hydroxylation is 1. The van der Waals surface area contributed by atoms with Gasteiger partial charge in [-0.15, -0.1) is 0 Å². The Hall–Kier alpha value is -2.31. The van der Waals surface area contributed by atoms with Crippen LogP contribution in [-0.2, 0) is 13.1 Å². The average Bonchev–Trinajstić information content (AvgIpc) is 2.98. The van der Waals surface area contributed by atoms with Crippen LogP contribution in [0, 0.1) is 0 Å². The van der Waals surface area contributed by atoms with Crippen molar-refractivity contribution in [3.05, 3.63) is 30.6 Å². The van der Waals surface area contributed by atoms with E-state index in [0.717, 1.165) is 0 Å². The maximum absolute atomic E-state index is 12.0. The molecule has 0 radical (unpaired) electrons. The number of nitrogens with two attached hydrogens (primary N) is 1. The summed E-state index contributed by atoms with van der Waals surface area (Å²) in [7, 11) is 0. The predicted octanol–water partition coefficient (Wildman–Crippen LogP) is 0.500. The highest BCUT2D eigenvalue weighted by molar-refractivity contribution is 5.97. The largest absolute Gasteiger partial charge is 0.396 e. The van der Waals surface area contributed by atoms with Crippen molar-refractivity contribution in [2.24, 2.45) is 0 Å². The van der Waals surface area contributed by atoms with Crippen LogP contribution in [0.15, 0.2) is 24.9 Å². The summed E-state index contributed by atoms with van der Waals surface area (Å²) in [6.45, 7) is 5.20. The van der Waals surface area contributed by atoms with Crippen LogP contribution < -0.4 is 11.1 Å². The van der Waals surface area contributed by atoms with E-state index in [9.17, 15) is 4.79 Å². The van der Waals surface area contributed by atoms with Gasteiger partial charge in [0.25, 0.3) is 5.91 Å². The molecule has 2 aromatic heterocycles. The number of carbonyl (C=O) groups excluding carboxylic acids is 1. The van der Waals surface area contributed by atoms with Crippen LogP contribution in [0.5, 0.6) is 0 Å². The van der Waals surface area contributed by atoms with Crippen molar-refractivity contribution in [2.75, 3.05) is 5.73 Å². The molecule has 2 heterocycles. The molecule has 0 aliphatic heterocycles. The van der Waals surface area contributed by atoms with Gasteiger partial charge in [0.2, 0.25) is 0 Å². The summed E-state index contributed by atoms with van der Waals surface area (Å²) >= 11 is 0. The fraction of sp³-hybridized carbons (Fsp3) is 0.417. The maximum Gasteiger partial charge on any atom is 0.274 e. The molecule has 0 aliphatic rings.